The lowest BCUT2D eigenvalue weighted by atomic mass is 9.99. The first kappa shape index (κ1) is 16.7. The van der Waals surface area contributed by atoms with Crippen molar-refractivity contribution in [2.75, 3.05) is 5.32 Å². The van der Waals surface area contributed by atoms with Crippen molar-refractivity contribution in [1.82, 2.24) is 0 Å². The number of ketones is 1. The normalized spacial score (nSPS) is 12.4. The van der Waals surface area contributed by atoms with E-state index in [2.05, 4.69) is 5.32 Å². The van der Waals surface area contributed by atoms with E-state index in [-0.39, 0.29) is 23.8 Å². The molecule has 0 aliphatic carbocycles. The molecule has 7 heteroatoms. The molecule has 0 bridgehead atoms. The van der Waals surface area contributed by atoms with Gasteiger partial charge in [-0.15, -0.1) is 0 Å². The number of nitro benzene ring substituents is 1. The predicted octanol–water partition coefficient (Wildman–Crippen LogP) is 4.60. The van der Waals surface area contributed by atoms with Crippen LogP contribution >= 0.6 is 0 Å². The molecular formula is C20H13FN2O4. The van der Waals surface area contributed by atoms with Crippen LogP contribution in [0, 0.1) is 15.9 Å². The average molecular weight is 364 g/mol. The predicted molar refractivity (Wildman–Crippen MR) is 97.0 cm³/mol. The van der Waals surface area contributed by atoms with Crippen LogP contribution in [0.5, 0.6) is 5.75 Å². The number of hydrogen-bond acceptors (Lipinski definition) is 5. The van der Waals surface area contributed by atoms with Gasteiger partial charge >= 0.3 is 0 Å². The van der Waals surface area contributed by atoms with Crippen LogP contribution in [0.4, 0.5) is 21.5 Å². The van der Waals surface area contributed by atoms with E-state index in [0.29, 0.717) is 22.6 Å². The third-order valence-corrected chi connectivity index (χ3v) is 4.31. The Morgan fingerprint density at radius 2 is 1.85 bits per heavy atom. The molecule has 0 unspecified atom stereocenters. The van der Waals surface area contributed by atoms with Gasteiger partial charge in [-0.1, -0.05) is 24.3 Å². The maximum atomic E-state index is 13.3. The van der Waals surface area contributed by atoms with Crippen LogP contribution < -0.4 is 10.1 Å². The number of nitrogens with zero attached hydrogens (tertiary/aromatic N) is 1. The second-order valence-electron chi connectivity index (χ2n) is 6.03. The number of halogens is 1. The number of carbonyl (C=O) groups is 1. The molecule has 27 heavy (non-hydrogen) atoms. The fraction of sp³-hybridized carbons (Fsp3) is 0.0500. The molecule has 6 nitrogen and oxygen atoms in total. The molecule has 3 aromatic carbocycles. The molecule has 3 aromatic rings. The van der Waals surface area contributed by atoms with Crippen molar-refractivity contribution in [2.45, 2.75) is 6.61 Å². The number of nitro groups is 1. The molecule has 1 heterocycles. The highest BCUT2D eigenvalue weighted by molar-refractivity contribution is 6.12. The Kier molecular flexibility index (Phi) is 4.04. The van der Waals surface area contributed by atoms with Gasteiger partial charge in [-0.3, -0.25) is 14.9 Å². The van der Waals surface area contributed by atoms with E-state index in [1.54, 1.807) is 30.3 Å². The largest absolute Gasteiger partial charge is 0.488 e. The van der Waals surface area contributed by atoms with Crippen molar-refractivity contribution in [1.29, 1.82) is 0 Å². The molecule has 0 aromatic heterocycles. The van der Waals surface area contributed by atoms with Crippen molar-refractivity contribution in [3.8, 4) is 5.75 Å². The summed E-state index contributed by atoms with van der Waals surface area (Å²) in [6, 6.07) is 15.3. The molecule has 0 radical (unpaired) electrons. The summed E-state index contributed by atoms with van der Waals surface area (Å²) in [6.45, 7) is 0.245. The minimum absolute atomic E-state index is 0.141. The lowest BCUT2D eigenvalue weighted by Gasteiger charge is -2.11. The third-order valence-electron chi connectivity index (χ3n) is 4.31. The molecule has 0 fully saturated rings. The van der Waals surface area contributed by atoms with E-state index in [4.69, 9.17) is 4.74 Å². The number of nitrogens with one attached hydrogen (secondary N) is 1. The Balaban J connectivity index is 1.69. The Morgan fingerprint density at radius 1 is 1.04 bits per heavy atom. The Hall–Kier alpha value is -3.74. The first-order chi connectivity index (χ1) is 13.0. The van der Waals surface area contributed by atoms with Crippen LogP contribution in [0.25, 0.3) is 0 Å². The van der Waals surface area contributed by atoms with Crippen LogP contribution in [0.1, 0.15) is 21.5 Å². The summed E-state index contributed by atoms with van der Waals surface area (Å²) in [6.07, 6.45) is 0. The molecular weight excluding hydrogens is 351 g/mol. The highest BCUT2D eigenvalue weighted by atomic mass is 19.1. The fourth-order valence-corrected chi connectivity index (χ4v) is 2.99. The topological polar surface area (TPSA) is 81.5 Å². The summed E-state index contributed by atoms with van der Waals surface area (Å²) in [5.41, 5.74) is 2.05. The second kappa shape index (κ2) is 6.53. The molecule has 1 aliphatic rings. The van der Waals surface area contributed by atoms with E-state index in [1.165, 1.54) is 6.07 Å². The quantitative estimate of drug-likeness (QED) is 0.542. The molecule has 1 aliphatic heterocycles. The lowest BCUT2D eigenvalue weighted by Crippen LogP contribution is -2.03. The summed E-state index contributed by atoms with van der Waals surface area (Å²) in [5, 5.41) is 14.0. The molecule has 0 spiro atoms. The zero-order chi connectivity index (χ0) is 19.0. The number of rotatable bonds is 3. The van der Waals surface area contributed by atoms with Crippen molar-refractivity contribution < 1.29 is 18.8 Å². The lowest BCUT2D eigenvalue weighted by molar-refractivity contribution is -0.384. The fourth-order valence-electron chi connectivity index (χ4n) is 2.99. The zero-order valence-electron chi connectivity index (χ0n) is 13.9. The molecule has 0 saturated carbocycles. The Bertz CT molecular complexity index is 1080. The van der Waals surface area contributed by atoms with Crippen LogP contribution in [-0.4, -0.2) is 10.7 Å². The van der Waals surface area contributed by atoms with E-state index < -0.39 is 10.7 Å². The smallest absolute Gasteiger partial charge is 0.295 e. The van der Waals surface area contributed by atoms with Gasteiger partial charge in [0.15, 0.2) is 5.78 Å². The summed E-state index contributed by atoms with van der Waals surface area (Å²) in [7, 11) is 0. The van der Waals surface area contributed by atoms with Crippen molar-refractivity contribution in [3.63, 3.8) is 0 Å². The van der Waals surface area contributed by atoms with Crippen molar-refractivity contribution in [2.24, 2.45) is 0 Å². The maximum Gasteiger partial charge on any atom is 0.295 e. The van der Waals surface area contributed by atoms with E-state index in [9.17, 15) is 19.3 Å². The third kappa shape index (κ3) is 3.10. The standard InChI is InChI=1S/C20H13FN2O4/c21-13-5-8-17(18(9-13)23(25)26)22-14-6-7-16-19(10-14)27-11-12-3-1-2-4-15(12)20(16)24/h1-10,22H,11H2. The SMILES string of the molecule is O=C1c2ccccc2COc2cc(Nc3ccc(F)cc3[N+](=O)[O-])ccc21. The first-order valence-corrected chi connectivity index (χ1v) is 8.13. The van der Waals surface area contributed by atoms with Crippen molar-refractivity contribution >= 4 is 22.8 Å². The second-order valence-corrected chi connectivity index (χ2v) is 6.03. The van der Waals surface area contributed by atoms with Gasteiger partial charge in [-0.2, -0.15) is 0 Å². The van der Waals surface area contributed by atoms with Gasteiger partial charge < -0.3 is 10.1 Å². The number of ether oxygens (including phenoxy) is 1. The molecule has 0 saturated heterocycles. The molecule has 4 rings (SSSR count). The van der Waals surface area contributed by atoms with Gasteiger partial charge in [0.05, 0.1) is 16.6 Å². The Morgan fingerprint density at radius 3 is 2.67 bits per heavy atom. The van der Waals surface area contributed by atoms with Gasteiger partial charge in [0.25, 0.3) is 5.69 Å². The van der Waals surface area contributed by atoms with Gasteiger partial charge in [-0.25, -0.2) is 4.39 Å². The first-order valence-electron chi connectivity index (χ1n) is 8.13. The van der Waals surface area contributed by atoms with Crippen LogP contribution in [-0.2, 0) is 6.61 Å². The Labute approximate surface area is 153 Å². The number of fused-ring (bicyclic) bond motifs is 2. The number of carbonyl (C=O) groups excluding carboxylic acids is 1. The van der Waals surface area contributed by atoms with Crippen LogP contribution in [0.2, 0.25) is 0 Å². The van der Waals surface area contributed by atoms with Gasteiger partial charge in [-0.05, 0) is 24.3 Å². The van der Waals surface area contributed by atoms with Gasteiger partial charge in [0.2, 0.25) is 0 Å². The maximum absolute atomic E-state index is 13.3. The van der Waals surface area contributed by atoms with Gasteiger partial charge in [0, 0.05) is 22.9 Å². The molecule has 0 atom stereocenters. The van der Waals surface area contributed by atoms with E-state index >= 15 is 0 Å². The van der Waals surface area contributed by atoms with Crippen LogP contribution in [0.15, 0.2) is 60.7 Å². The molecule has 0 amide bonds. The average Bonchev–Trinajstić information content (AvgIpc) is 2.80. The monoisotopic (exact) mass is 364 g/mol. The molecule has 1 N–H and O–H groups in total. The van der Waals surface area contributed by atoms with Gasteiger partial charge in [0.1, 0.15) is 23.9 Å². The van der Waals surface area contributed by atoms with E-state index in [1.807, 2.05) is 12.1 Å². The number of benzene rings is 3. The summed E-state index contributed by atoms with van der Waals surface area (Å²) in [4.78, 5) is 23.2. The summed E-state index contributed by atoms with van der Waals surface area (Å²) < 4.78 is 19.1. The zero-order valence-corrected chi connectivity index (χ0v) is 13.9. The van der Waals surface area contributed by atoms with E-state index in [0.717, 1.165) is 17.7 Å². The summed E-state index contributed by atoms with van der Waals surface area (Å²) >= 11 is 0. The highest BCUT2D eigenvalue weighted by Gasteiger charge is 2.22. The van der Waals surface area contributed by atoms with Crippen LogP contribution in [0.3, 0.4) is 0 Å². The number of anilines is 2. The van der Waals surface area contributed by atoms with Crippen molar-refractivity contribution in [3.05, 3.63) is 93.3 Å². The molecule has 134 valence electrons. The highest BCUT2D eigenvalue weighted by Crippen LogP contribution is 2.34. The minimum atomic E-state index is -0.694. The minimum Gasteiger partial charge on any atom is -0.488 e. The number of hydrogen-bond donors (Lipinski definition) is 1. The summed E-state index contributed by atoms with van der Waals surface area (Å²) in [5.74, 6) is -0.454.